The minimum Gasteiger partial charge on any atom is -0.351 e. The van der Waals surface area contributed by atoms with Crippen LogP contribution in [0.3, 0.4) is 0 Å². The fourth-order valence-electron chi connectivity index (χ4n) is 2.40. The van der Waals surface area contributed by atoms with Crippen LogP contribution in [-0.2, 0) is 5.75 Å². The molecule has 0 bridgehead atoms. The molecule has 1 amide bonds. The van der Waals surface area contributed by atoms with Crippen LogP contribution in [0.1, 0.15) is 15.9 Å². The largest absolute Gasteiger partial charge is 0.351 e. The van der Waals surface area contributed by atoms with Crippen molar-refractivity contribution >= 4 is 41.0 Å². The first kappa shape index (κ1) is 19.9. The van der Waals surface area contributed by atoms with Crippen molar-refractivity contribution < 1.29 is 4.79 Å². The van der Waals surface area contributed by atoms with Crippen molar-refractivity contribution in [3.8, 4) is 0 Å². The molecule has 0 spiro atoms. The lowest BCUT2D eigenvalue weighted by atomic mass is 10.1. The molecule has 138 valence electrons. The van der Waals surface area contributed by atoms with E-state index in [9.17, 15) is 4.79 Å². The maximum absolute atomic E-state index is 12.2. The summed E-state index contributed by atoms with van der Waals surface area (Å²) in [5, 5.41) is 3.72. The molecule has 2 nitrogen and oxygen atoms in total. The van der Waals surface area contributed by atoms with Gasteiger partial charge in [-0.3, -0.25) is 4.79 Å². The number of benzene rings is 3. The molecule has 0 aliphatic heterocycles. The molecule has 0 heterocycles. The SMILES string of the molecule is O=C(NCCSc1ccccc1)c1ccc(CSc2ccc(Cl)cc2)cc1. The lowest BCUT2D eigenvalue weighted by Gasteiger charge is -2.07. The third kappa shape index (κ3) is 6.65. The molecule has 0 atom stereocenters. The second kappa shape index (κ2) is 10.5. The summed E-state index contributed by atoms with van der Waals surface area (Å²) in [6.07, 6.45) is 0. The molecular weight excluding hydrogens is 394 g/mol. The highest BCUT2D eigenvalue weighted by molar-refractivity contribution is 7.99. The van der Waals surface area contributed by atoms with E-state index < -0.39 is 0 Å². The Labute approximate surface area is 173 Å². The molecule has 3 aromatic rings. The van der Waals surface area contributed by atoms with Crippen LogP contribution in [0.2, 0.25) is 5.02 Å². The highest BCUT2D eigenvalue weighted by atomic mass is 35.5. The van der Waals surface area contributed by atoms with E-state index in [0.717, 1.165) is 16.5 Å². The normalized spacial score (nSPS) is 10.6. The summed E-state index contributed by atoms with van der Waals surface area (Å²) in [5.41, 5.74) is 1.88. The van der Waals surface area contributed by atoms with Crippen molar-refractivity contribution in [2.75, 3.05) is 12.3 Å². The average molecular weight is 414 g/mol. The fraction of sp³-hybridized carbons (Fsp3) is 0.136. The molecule has 3 aromatic carbocycles. The molecule has 27 heavy (non-hydrogen) atoms. The summed E-state index contributed by atoms with van der Waals surface area (Å²) in [5.74, 6) is 1.68. The predicted octanol–water partition coefficient (Wildman–Crippen LogP) is 6.15. The highest BCUT2D eigenvalue weighted by Gasteiger charge is 2.05. The number of carbonyl (C=O) groups is 1. The van der Waals surface area contributed by atoms with Gasteiger partial charge in [0, 0.05) is 38.4 Å². The number of thioether (sulfide) groups is 2. The van der Waals surface area contributed by atoms with E-state index >= 15 is 0 Å². The first-order chi connectivity index (χ1) is 13.2. The van der Waals surface area contributed by atoms with Crippen molar-refractivity contribution in [1.82, 2.24) is 5.32 Å². The summed E-state index contributed by atoms with van der Waals surface area (Å²) in [4.78, 5) is 14.6. The smallest absolute Gasteiger partial charge is 0.251 e. The zero-order valence-electron chi connectivity index (χ0n) is 14.7. The van der Waals surface area contributed by atoms with Crippen LogP contribution in [0.15, 0.2) is 88.7 Å². The Kier molecular flexibility index (Phi) is 7.69. The van der Waals surface area contributed by atoms with Gasteiger partial charge in [0.15, 0.2) is 0 Å². The van der Waals surface area contributed by atoms with Crippen LogP contribution in [0.4, 0.5) is 0 Å². The Balaban J connectivity index is 1.42. The Morgan fingerprint density at radius 1 is 0.815 bits per heavy atom. The summed E-state index contributed by atoms with van der Waals surface area (Å²) in [6.45, 7) is 0.645. The molecule has 0 fully saturated rings. The van der Waals surface area contributed by atoms with Crippen LogP contribution in [-0.4, -0.2) is 18.2 Å². The number of nitrogens with one attached hydrogen (secondary N) is 1. The number of hydrogen-bond acceptors (Lipinski definition) is 3. The lowest BCUT2D eigenvalue weighted by molar-refractivity contribution is 0.0956. The number of carbonyl (C=O) groups excluding carboxylic acids is 1. The molecule has 1 N–H and O–H groups in total. The monoisotopic (exact) mass is 413 g/mol. The zero-order valence-corrected chi connectivity index (χ0v) is 17.1. The Morgan fingerprint density at radius 3 is 2.19 bits per heavy atom. The van der Waals surface area contributed by atoms with Gasteiger partial charge >= 0.3 is 0 Å². The van der Waals surface area contributed by atoms with Crippen LogP contribution in [0.5, 0.6) is 0 Å². The van der Waals surface area contributed by atoms with Crippen LogP contribution in [0.25, 0.3) is 0 Å². The van der Waals surface area contributed by atoms with Gasteiger partial charge in [0.05, 0.1) is 0 Å². The lowest BCUT2D eigenvalue weighted by Crippen LogP contribution is -2.25. The summed E-state index contributed by atoms with van der Waals surface area (Å²) >= 11 is 9.39. The predicted molar refractivity (Wildman–Crippen MR) is 117 cm³/mol. The molecule has 0 aliphatic rings. The maximum Gasteiger partial charge on any atom is 0.251 e. The second-order valence-corrected chi connectivity index (χ2v) is 8.51. The number of rotatable bonds is 8. The first-order valence-corrected chi connectivity index (χ1v) is 11.0. The number of hydrogen-bond donors (Lipinski definition) is 1. The Bertz CT molecular complexity index is 852. The van der Waals surface area contributed by atoms with Gasteiger partial charge < -0.3 is 5.32 Å². The van der Waals surface area contributed by atoms with E-state index in [0.29, 0.717) is 12.1 Å². The minimum absolute atomic E-state index is 0.0273. The molecule has 0 aromatic heterocycles. The van der Waals surface area contributed by atoms with E-state index in [1.165, 1.54) is 15.4 Å². The van der Waals surface area contributed by atoms with Crippen molar-refractivity contribution in [3.63, 3.8) is 0 Å². The highest BCUT2D eigenvalue weighted by Crippen LogP contribution is 2.24. The molecule has 3 rings (SSSR count). The van der Waals surface area contributed by atoms with Gasteiger partial charge in [-0.1, -0.05) is 41.9 Å². The maximum atomic E-state index is 12.2. The van der Waals surface area contributed by atoms with E-state index in [1.54, 1.807) is 23.5 Å². The van der Waals surface area contributed by atoms with E-state index in [-0.39, 0.29) is 5.91 Å². The van der Waals surface area contributed by atoms with Gasteiger partial charge in [-0.05, 0) is 54.1 Å². The molecule has 0 saturated carbocycles. The zero-order chi connectivity index (χ0) is 18.9. The Hall–Kier alpha value is -1.88. The van der Waals surface area contributed by atoms with Crippen molar-refractivity contribution in [3.05, 3.63) is 95.0 Å². The van der Waals surface area contributed by atoms with Gasteiger partial charge in [-0.15, -0.1) is 23.5 Å². The third-order valence-corrected chi connectivity index (χ3v) is 6.18. The Morgan fingerprint density at radius 2 is 1.48 bits per heavy atom. The molecule has 0 radical (unpaired) electrons. The summed E-state index contributed by atoms with van der Waals surface area (Å²) in [6, 6.07) is 25.8. The summed E-state index contributed by atoms with van der Waals surface area (Å²) < 4.78 is 0. The first-order valence-electron chi connectivity index (χ1n) is 8.64. The van der Waals surface area contributed by atoms with E-state index in [4.69, 9.17) is 11.6 Å². The fourth-order valence-corrected chi connectivity index (χ4v) is 4.17. The second-order valence-electron chi connectivity index (χ2n) is 5.86. The van der Waals surface area contributed by atoms with Crippen LogP contribution < -0.4 is 5.32 Å². The van der Waals surface area contributed by atoms with Crippen molar-refractivity contribution in [1.29, 1.82) is 0 Å². The minimum atomic E-state index is -0.0273. The average Bonchev–Trinajstić information content (AvgIpc) is 2.72. The van der Waals surface area contributed by atoms with E-state index in [1.807, 2.05) is 66.7 Å². The van der Waals surface area contributed by atoms with Gasteiger partial charge in [0.1, 0.15) is 0 Å². The standard InChI is InChI=1S/C22H20ClNOS2/c23-19-10-12-21(13-11-19)27-16-17-6-8-18(9-7-17)22(25)24-14-15-26-20-4-2-1-3-5-20/h1-13H,14-16H2,(H,24,25). The van der Waals surface area contributed by atoms with Crippen LogP contribution in [0, 0.1) is 0 Å². The topological polar surface area (TPSA) is 29.1 Å². The number of amides is 1. The van der Waals surface area contributed by atoms with E-state index in [2.05, 4.69) is 17.4 Å². The van der Waals surface area contributed by atoms with Crippen LogP contribution >= 0.6 is 35.1 Å². The molecule has 0 aliphatic carbocycles. The molecule has 0 unspecified atom stereocenters. The van der Waals surface area contributed by atoms with Gasteiger partial charge in [-0.25, -0.2) is 0 Å². The molecular formula is C22H20ClNOS2. The molecule has 5 heteroatoms. The quantitative estimate of drug-likeness (QED) is 0.354. The van der Waals surface area contributed by atoms with Gasteiger partial charge in [0.25, 0.3) is 5.91 Å². The van der Waals surface area contributed by atoms with Gasteiger partial charge in [0.2, 0.25) is 0 Å². The van der Waals surface area contributed by atoms with Gasteiger partial charge in [-0.2, -0.15) is 0 Å². The van der Waals surface area contributed by atoms with Crippen molar-refractivity contribution in [2.24, 2.45) is 0 Å². The third-order valence-electron chi connectivity index (χ3n) is 3.83. The van der Waals surface area contributed by atoms with Crippen molar-refractivity contribution in [2.45, 2.75) is 15.5 Å². The summed E-state index contributed by atoms with van der Waals surface area (Å²) in [7, 11) is 0. The molecule has 0 saturated heterocycles. The number of halogens is 1.